The Morgan fingerprint density at radius 2 is 2.08 bits per heavy atom. The van der Waals surface area contributed by atoms with E-state index in [4.69, 9.17) is 4.74 Å². The van der Waals surface area contributed by atoms with Gasteiger partial charge in [0, 0.05) is 6.42 Å². The zero-order valence-electron chi connectivity index (χ0n) is 8.22. The molecule has 70 valence electrons. The summed E-state index contributed by atoms with van der Waals surface area (Å²) in [6.45, 7) is 6.49. The lowest BCUT2D eigenvalue weighted by Gasteiger charge is -1.99. The van der Waals surface area contributed by atoms with Crippen molar-refractivity contribution < 1.29 is 9.53 Å². The minimum Gasteiger partial charge on any atom is -0.466 e. The van der Waals surface area contributed by atoms with Crippen molar-refractivity contribution in [3.63, 3.8) is 0 Å². The van der Waals surface area contributed by atoms with Crippen molar-refractivity contribution in [2.24, 2.45) is 0 Å². The number of carbonyl (C=O) groups excluding carboxylic acids is 1. The van der Waals surface area contributed by atoms with E-state index >= 15 is 0 Å². The van der Waals surface area contributed by atoms with Gasteiger partial charge in [-0.1, -0.05) is 18.6 Å². The first-order valence-electron chi connectivity index (χ1n) is 4.52. The van der Waals surface area contributed by atoms with Crippen molar-refractivity contribution in [3.05, 3.63) is 11.6 Å². The van der Waals surface area contributed by atoms with Crippen LogP contribution >= 0.6 is 0 Å². The molecule has 0 aliphatic carbocycles. The first-order chi connectivity index (χ1) is 5.70. The summed E-state index contributed by atoms with van der Waals surface area (Å²) in [6.07, 6.45) is 4.46. The maximum absolute atomic E-state index is 10.9. The van der Waals surface area contributed by atoms with Crippen LogP contribution in [0.2, 0.25) is 0 Å². The lowest BCUT2D eigenvalue weighted by molar-refractivity contribution is -0.142. The predicted octanol–water partition coefficient (Wildman–Crippen LogP) is 2.69. The number of hydrogen-bond acceptors (Lipinski definition) is 2. The molecule has 0 heterocycles. The number of rotatable bonds is 5. The van der Waals surface area contributed by atoms with Gasteiger partial charge in [-0.25, -0.2) is 0 Å². The number of hydrogen-bond donors (Lipinski definition) is 0. The fourth-order valence-electron chi connectivity index (χ4n) is 0.814. The second-order valence-electron chi connectivity index (χ2n) is 2.75. The van der Waals surface area contributed by atoms with Crippen LogP contribution in [0.25, 0.3) is 0 Å². The molecule has 2 heteroatoms. The summed E-state index contributed by atoms with van der Waals surface area (Å²) in [4.78, 5) is 10.9. The Hall–Kier alpha value is -0.790. The molecule has 12 heavy (non-hydrogen) atoms. The Morgan fingerprint density at radius 3 is 2.58 bits per heavy atom. The van der Waals surface area contributed by atoms with Crippen LogP contribution < -0.4 is 0 Å². The highest BCUT2D eigenvalue weighted by Gasteiger charge is 1.98. The molecule has 0 aromatic carbocycles. The molecule has 0 aromatic rings. The number of carbonyl (C=O) groups is 1. The number of ether oxygens (including phenoxy) is 1. The van der Waals surface area contributed by atoms with Crippen molar-refractivity contribution in [2.75, 3.05) is 6.61 Å². The molecule has 0 saturated heterocycles. The highest BCUT2D eigenvalue weighted by atomic mass is 16.5. The Balaban J connectivity index is 3.48. The molecule has 0 radical (unpaired) electrons. The maximum atomic E-state index is 10.9. The molecule has 0 aliphatic rings. The smallest absolute Gasteiger partial charge is 0.306 e. The van der Waals surface area contributed by atoms with E-state index in [0.717, 1.165) is 12.8 Å². The molecule has 0 fully saturated rings. The van der Waals surface area contributed by atoms with Gasteiger partial charge in [0.25, 0.3) is 0 Å². The van der Waals surface area contributed by atoms with Crippen molar-refractivity contribution in [1.82, 2.24) is 0 Å². The van der Waals surface area contributed by atoms with Gasteiger partial charge < -0.3 is 4.74 Å². The van der Waals surface area contributed by atoms with Gasteiger partial charge in [0.05, 0.1) is 6.61 Å². The Bertz CT molecular complexity index is 159. The monoisotopic (exact) mass is 170 g/mol. The highest BCUT2D eigenvalue weighted by Crippen LogP contribution is 2.02. The summed E-state index contributed by atoms with van der Waals surface area (Å²) >= 11 is 0. The van der Waals surface area contributed by atoms with E-state index in [0.29, 0.717) is 13.0 Å². The zero-order valence-corrected chi connectivity index (χ0v) is 8.22. The van der Waals surface area contributed by atoms with Gasteiger partial charge in [-0.15, -0.1) is 0 Å². The third kappa shape index (κ3) is 5.96. The van der Waals surface area contributed by atoms with E-state index < -0.39 is 0 Å². The van der Waals surface area contributed by atoms with Crippen molar-refractivity contribution in [1.29, 1.82) is 0 Å². The van der Waals surface area contributed by atoms with Crippen LogP contribution in [-0.4, -0.2) is 12.6 Å². The molecule has 0 saturated carbocycles. The number of allylic oxidation sites excluding steroid dienone is 2. The normalized spacial score (nSPS) is 11.4. The molecule has 0 unspecified atom stereocenters. The van der Waals surface area contributed by atoms with Gasteiger partial charge in [-0.2, -0.15) is 0 Å². The summed E-state index contributed by atoms with van der Waals surface area (Å²) < 4.78 is 4.79. The third-order valence-corrected chi connectivity index (χ3v) is 1.70. The highest BCUT2D eigenvalue weighted by molar-refractivity contribution is 5.69. The van der Waals surface area contributed by atoms with Crippen LogP contribution in [0.4, 0.5) is 0 Å². The van der Waals surface area contributed by atoms with Crippen LogP contribution in [0.1, 0.15) is 40.0 Å². The van der Waals surface area contributed by atoms with Crippen LogP contribution in [0.15, 0.2) is 11.6 Å². The van der Waals surface area contributed by atoms with Crippen molar-refractivity contribution in [2.45, 2.75) is 40.0 Å². The molecular formula is C10H18O2. The Labute approximate surface area is 74.6 Å². The Morgan fingerprint density at radius 1 is 1.42 bits per heavy atom. The molecular weight excluding hydrogens is 152 g/mol. The van der Waals surface area contributed by atoms with Gasteiger partial charge >= 0.3 is 5.97 Å². The van der Waals surface area contributed by atoms with Crippen LogP contribution in [0.3, 0.4) is 0 Å². The minimum absolute atomic E-state index is 0.0994. The van der Waals surface area contributed by atoms with Gasteiger partial charge in [0.15, 0.2) is 0 Å². The standard InChI is InChI=1S/C10H18O2/c1-4-9(3)7-6-8-10(11)12-5-2/h7H,4-6,8H2,1-3H3. The first kappa shape index (κ1) is 11.2. The quantitative estimate of drug-likeness (QED) is 0.468. The van der Waals surface area contributed by atoms with E-state index in [9.17, 15) is 4.79 Å². The van der Waals surface area contributed by atoms with Gasteiger partial charge in [0.2, 0.25) is 0 Å². The second-order valence-corrected chi connectivity index (χ2v) is 2.75. The average molecular weight is 170 g/mol. The molecule has 0 atom stereocenters. The topological polar surface area (TPSA) is 26.3 Å². The van der Waals surface area contributed by atoms with Crippen molar-refractivity contribution in [3.8, 4) is 0 Å². The Kier molecular flexibility index (Phi) is 6.44. The average Bonchev–Trinajstić information content (AvgIpc) is 2.04. The van der Waals surface area contributed by atoms with E-state index in [1.165, 1.54) is 5.57 Å². The van der Waals surface area contributed by atoms with E-state index in [1.807, 2.05) is 6.92 Å². The third-order valence-electron chi connectivity index (χ3n) is 1.70. The molecule has 0 N–H and O–H groups in total. The molecule has 0 amide bonds. The van der Waals surface area contributed by atoms with E-state index in [1.54, 1.807) is 0 Å². The molecule has 0 aliphatic heterocycles. The van der Waals surface area contributed by atoms with Crippen LogP contribution in [0, 0.1) is 0 Å². The molecule has 0 aromatic heterocycles. The number of esters is 1. The minimum atomic E-state index is -0.0994. The lowest BCUT2D eigenvalue weighted by atomic mass is 10.2. The second kappa shape index (κ2) is 6.89. The van der Waals surface area contributed by atoms with Gasteiger partial charge in [0.1, 0.15) is 0 Å². The first-order valence-corrected chi connectivity index (χ1v) is 4.52. The zero-order chi connectivity index (χ0) is 9.40. The molecule has 0 spiro atoms. The van der Waals surface area contributed by atoms with Crippen molar-refractivity contribution >= 4 is 5.97 Å². The molecule has 0 bridgehead atoms. The van der Waals surface area contributed by atoms with Crippen LogP contribution in [0.5, 0.6) is 0 Å². The largest absolute Gasteiger partial charge is 0.466 e. The van der Waals surface area contributed by atoms with E-state index in [-0.39, 0.29) is 5.97 Å². The summed E-state index contributed by atoms with van der Waals surface area (Å²) in [5.41, 5.74) is 1.33. The predicted molar refractivity (Wildman–Crippen MR) is 49.9 cm³/mol. The van der Waals surface area contributed by atoms with E-state index in [2.05, 4.69) is 19.9 Å². The van der Waals surface area contributed by atoms with Crippen LogP contribution in [-0.2, 0) is 9.53 Å². The fourth-order valence-corrected chi connectivity index (χ4v) is 0.814. The van der Waals surface area contributed by atoms with Gasteiger partial charge in [-0.05, 0) is 26.7 Å². The van der Waals surface area contributed by atoms with Gasteiger partial charge in [-0.3, -0.25) is 4.79 Å². The fraction of sp³-hybridized carbons (Fsp3) is 0.700. The maximum Gasteiger partial charge on any atom is 0.306 e. The summed E-state index contributed by atoms with van der Waals surface area (Å²) in [5.74, 6) is -0.0994. The lowest BCUT2D eigenvalue weighted by Crippen LogP contribution is -2.02. The summed E-state index contributed by atoms with van der Waals surface area (Å²) in [7, 11) is 0. The molecule has 2 nitrogen and oxygen atoms in total. The summed E-state index contributed by atoms with van der Waals surface area (Å²) in [5, 5.41) is 0. The SMILES string of the molecule is CCOC(=O)CCC=C(C)CC. The molecule has 0 rings (SSSR count). The summed E-state index contributed by atoms with van der Waals surface area (Å²) in [6, 6.07) is 0.